The van der Waals surface area contributed by atoms with E-state index in [1.54, 1.807) is 0 Å². The number of fused-ring (bicyclic) bond motifs is 4. The summed E-state index contributed by atoms with van der Waals surface area (Å²) in [5, 5.41) is 0. The third kappa shape index (κ3) is 2.60. The standard InChI is InChI=1S/C23H25BO4/c1-14-6-8-16-18-13-26-21-11-15(24-27-22(2,3)23(4,5)28-24)7-9-17(21)19(18)12-25-20(16)10-14/h6-11H,12-13H2,1-5H3. The van der Waals surface area contributed by atoms with Crippen LogP contribution in [-0.4, -0.2) is 31.5 Å². The van der Waals surface area contributed by atoms with Crippen molar-refractivity contribution in [3.63, 3.8) is 0 Å². The number of hydrogen-bond acceptors (Lipinski definition) is 4. The van der Waals surface area contributed by atoms with Crippen molar-refractivity contribution in [2.75, 3.05) is 13.2 Å². The molecule has 0 unspecified atom stereocenters. The second-order valence-corrected chi connectivity index (χ2v) is 8.88. The van der Waals surface area contributed by atoms with Crippen LogP contribution in [0.15, 0.2) is 36.4 Å². The van der Waals surface area contributed by atoms with Gasteiger partial charge in [0.25, 0.3) is 0 Å². The molecule has 28 heavy (non-hydrogen) atoms. The zero-order chi connectivity index (χ0) is 19.7. The summed E-state index contributed by atoms with van der Waals surface area (Å²) in [7, 11) is -0.388. The minimum Gasteiger partial charge on any atom is -0.488 e. The van der Waals surface area contributed by atoms with Gasteiger partial charge in [0.15, 0.2) is 0 Å². The fraction of sp³-hybridized carbons (Fsp3) is 0.391. The Balaban J connectivity index is 1.51. The van der Waals surface area contributed by atoms with Gasteiger partial charge in [0, 0.05) is 22.3 Å². The first-order valence-electron chi connectivity index (χ1n) is 9.84. The largest absolute Gasteiger partial charge is 0.494 e. The molecule has 2 aromatic rings. The van der Waals surface area contributed by atoms with E-state index in [9.17, 15) is 0 Å². The summed E-state index contributed by atoms with van der Waals surface area (Å²) in [4.78, 5) is 0. The lowest BCUT2D eigenvalue weighted by Crippen LogP contribution is -2.41. The zero-order valence-corrected chi connectivity index (χ0v) is 17.1. The SMILES string of the molecule is Cc1ccc2c(c1)OCC1=C2COc2cc(B3OC(C)(C)C(C)(C)O3)ccc21. The predicted octanol–water partition coefficient (Wildman–Crippen LogP) is 3.99. The number of benzene rings is 2. The van der Waals surface area contributed by atoms with E-state index < -0.39 is 0 Å². The van der Waals surface area contributed by atoms with E-state index in [1.807, 2.05) is 6.07 Å². The molecular weight excluding hydrogens is 351 g/mol. The molecule has 0 atom stereocenters. The van der Waals surface area contributed by atoms with Gasteiger partial charge >= 0.3 is 7.12 Å². The quantitative estimate of drug-likeness (QED) is 0.706. The first-order chi connectivity index (χ1) is 13.2. The van der Waals surface area contributed by atoms with Crippen LogP contribution in [0.25, 0.3) is 11.1 Å². The maximum Gasteiger partial charge on any atom is 0.494 e. The minimum atomic E-state index is -0.388. The van der Waals surface area contributed by atoms with Gasteiger partial charge in [0.05, 0.1) is 11.2 Å². The highest BCUT2D eigenvalue weighted by atomic mass is 16.7. The van der Waals surface area contributed by atoms with Crippen molar-refractivity contribution < 1.29 is 18.8 Å². The van der Waals surface area contributed by atoms with Crippen LogP contribution < -0.4 is 14.9 Å². The van der Waals surface area contributed by atoms with Crippen LogP contribution in [0.3, 0.4) is 0 Å². The van der Waals surface area contributed by atoms with Crippen molar-refractivity contribution in [3.8, 4) is 11.5 Å². The monoisotopic (exact) mass is 376 g/mol. The maximum atomic E-state index is 6.19. The second-order valence-electron chi connectivity index (χ2n) is 8.88. The fourth-order valence-electron chi connectivity index (χ4n) is 3.99. The molecule has 1 saturated heterocycles. The molecule has 144 valence electrons. The Morgan fingerprint density at radius 1 is 0.750 bits per heavy atom. The highest BCUT2D eigenvalue weighted by Gasteiger charge is 2.51. The van der Waals surface area contributed by atoms with Crippen LogP contribution in [0, 0.1) is 6.92 Å². The highest BCUT2D eigenvalue weighted by molar-refractivity contribution is 6.62. The number of ether oxygens (including phenoxy) is 2. The molecule has 3 aliphatic rings. The lowest BCUT2D eigenvalue weighted by atomic mass is 9.77. The van der Waals surface area contributed by atoms with Crippen molar-refractivity contribution in [3.05, 3.63) is 53.1 Å². The first-order valence-corrected chi connectivity index (χ1v) is 9.84. The van der Waals surface area contributed by atoms with E-state index in [2.05, 4.69) is 65.0 Å². The molecule has 5 heteroatoms. The van der Waals surface area contributed by atoms with E-state index in [0.717, 1.165) is 28.1 Å². The summed E-state index contributed by atoms with van der Waals surface area (Å²) in [6, 6.07) is 12.6. The molecule has 3 heterocycles. The number of hydrogen-bond donors (Lipinski definition) is 0. The Kier molecular flexibility index (Phi) is 3.75. The summed E-state index contributed by atoms with van der Waals surface area (Å²) in [6.45, 7) is 11.5. The number of rotatable bonds is 1. The van der Waals surface area contributed by atoms with Gasteiger partial charge in [0.2, 0.25) is 0 Å². The van der Waals surface area contributed by atoms with Crippen LogP contribution in [-0.2, 0) is 9.31 Å². The van der Waals surface area contributed by atoms with Crippen LogP contribution in [0.1, 0.15) is 44.4 Å². The van der Waals surface area contributed by atoms with Crippen LogP contribution in [0.2, 0.25) is 0 Å². The van der Waals surface area contributed by atoms with E-state index >= 15 is 0 Å². The van der Waals surface area contributed by atoms with Crippen molar-refractivity contribution in [2.24, 2.45) is 0 Å². The maximum absolute atomic E-state index is 6.19. The van der Waals surface area contributed by atoms with Gasteiger partial charge in [-0.25, -0.2) is 0 Å². The normalized spacial score (nSPS) is 21.4. The third-order valence-corrected chi connectivity index (χ3v) is 6.43. The summed E-state index contributed by atoms with van der Waals surface area (Å²) < 4.78 is 24.6. The molecule has 0 N–H and O–H groups in total. The predicted molar refractivity (Wildman–Crippen MR) is 111 cm³/mol. The Hall–Kier alpha value is -2.24. The van der Waals surface area contributed by atoms with E-state index in [4.69, 9.17) is 18.8 Å². The van der Waals surface area contributed by atoms with E-state index in [0.29, 0.717) is 13.2 Å². The van der Waals surface area contributed by atoms with Gasteiger partial charge in [-0.3, -0.25) is 0 Å². The van der Waals surface area contributed by atoms with Crippen LogP contribution >= 0.6 is 0 Å². The lowest BCUT2D eigenvalue weighted by molar-refractivity contribution is 0.00578. The van der Waals surface area contributed by atoms with Crippen LogP contribution in [0.5, 0.6) is 11.5 Å². The van der Waals surface area contributed by atoms with Gasteiger partial charge in [-0.2, -0.15) is 0 Å². The van der Waals surface area contributed by atoms with E-state index in [1.165, 1.54) is 16.7 Å². The van der Waals surface area contributed by atoms with Gasteiger partial charge in [-0.1, -0.05) is 24.3 Å². The summed E-state index contributed by atoms with van der Waals surface area (Å²) in [5.74, 6) is 1.81. The Bertz CT molecular complexity index is 990. The van der Waals surface area contributed by atoms with Crippen LogP contribution in [0.4, 0.5) is 0 Å². The van der Waals surface area contributed by atoms with Gasteiger partial charge in [-0.15, -0.1) is 0 Å². The van der Waals surface area contributed by atoms with Crippen molar-refractivity contribution >= 4 is 23.7 Å². The Morgan fingerprint density at radius 2 is 1.29 bits per heavy atom. The average molecular weight is 376 g/mol. The molecule has 0 radical (unpaired) electrons. The average Bonchev–Trinajstić information content (AvgIpc) is 2.87. The summed E-state index contributed by atoms with van der Waals surface area (Å²) >= 11 is 0. The van der Waals surface area contributed by atoms with Crippen molar-refractivity contribution in [1.82, 2.24) is 0 Å². The van der Waals surface area contributed by atoms with Gasteiger partial charge in [0.1, 0.15) is 24.7 Å². The molecule has 2 aromatic carbocycles. The molecule has 0 saturated carbocycles. The van der Waals surface area contributed by atoms with Gasteiger partial charge in [-0.05, 0) is 57.8 Å². The molecule has 1 fully saturated rings. The molecule has 0 aromatic heterocycles. The second kappa shape index (κ2) is 5.88. The zero-order valence-electron chi connectivity index (χ0n) is 17.1. The van der Waals surface area contributed by atoms with Crippen molar-refractivity contribution in [2.45, 2.75) is 45.8 Å². The van der Waals surface area contributed by atoms with E-state index in [-0.39, 0.29) is 18.3 Å². The minimum absolute atomic E-state index is 0.358. The molecule has 0 bridgehead atoms. The molecule has 3 aliphatic heterocycles. The molecule has 4 nitrogen and oxygen atoms in total. The molecule has 0 aliphatic carbocycles. The molecular formula is C23H25BO4. The third-order valence-electron chi connectivity index (χ3n) is 6.43. The smallest absolute Gasteiger partial charge is 0.488 e. The molecule has 5 rings (SSSR count). The molecule has 0 spiro atoms. The fourth-order valence-corrected chi connectivity index (χ4v) is 3.99. The summed E-state index contributed by atoms with van der Waals surface area (Å²) in [6.07, 6.45) is 0. The number of aryl methyl sites for hydroxylation is 1. The molecule has 0 amide bonds. The lowest BCUT2D eigenvalue weighted by Gasteiger charge is -2.32. The summed E-state index contributed by atoms with van der Waals surface area (Å²) in [5.41, 5.74) is 6.11. The Labute approximate surface area is 166 Å². The first kappa shape index (κ1) is 17.8. The Morgan fingerprint density at radius 3 is 1.89 bits per heavy atom. The highest BCUT2D eigenvalue weighted by Crippen LogP contribution is 2.43. The van der Waals surface area contributed by atoms with Gasteiger partial charge < -0.3 is 18.8 Å². The topological polar surface area (TPSA) is 36.9 Å². The van der Waals surface area contributed by atoms with Crippen molar-refractivity contribution in [1.29, 1.82) is 0 Å².